The Morgan fingerprint density at radius 2 is 1.64 bits per heavy atom. The van der Waals surface area contributed by atoms with Crippen molar-refractivity contribution in [2.24, 2.45) is 0 Å². The fourth-order valence-corrected chi connectivity index (χ4v) is 4.21. The van der Waals surface area contributed by atoms with E-state index < -0.39 is 6.75 Å². The minimum absolute atomic E-state index is 0.500. The molecule has 0 N–H and O–H groups in total. The third kappa shape index (κ3) is 1.98. The van der Waals surface area contributed by atoms with Crippen LogP contribution in [0.15, 0.2) is 0 Å². The molecule has 0 aliphatic carbocycles. The van der Waals surface area contributed by atoms with Crippen molar-refractivity contribution in [1.29, 1.82) is 10.5 Å². The standard InChI is InChI=1S/C9H18N3OP/c1-5-14(4,6-2,9-13-3)12(7-10)8-11/h5-6,9H2,1-4H3. The molecule has 5 heteroatoms. The number of nitriles is 2. The van der Waals surface area contributed by atoms with E-state index in [0.29, 0.717) is 6.35 Å². The molecule has 0 aliphatic heterocycles. The first kappa shape index (κ1) is 13.2. The van der Waals surface area contributed by atoms with Crippen LogP contribution in [-0.2, 0) is 4.74 Å². The Hall–Kier alpha value is -0.830. The zero-order valence-electron chi connectivity index (χ0n) is 9.32. The fourth-order valence-electron chi connectivity index (χ4n) is 1.42. The van der Waals surface area contributed by atoms with E-state index in [9.17, 15) is 0 Å². The average Bonchev–Trinajstić information content (AvgIpc) is 2.20. The Bertz CT molecular complexity index is 261. The van der Waals surface area contributed by atoms with Crippen LogP contribution in [0, 0.1) is 22.9 Å². The zero-order valence-corrected chi connectivity index (χ0v) is 10.2. The summed E-state index contributed by atoms with van der Waals surface area (Å²) in [5.41, 5.74) is 0. The number of ether oxygens (including phenoxy) is 1. The van der Waals surface area contributed by atoms with E-state index in [4.69, 9.17) is 15.3 Å². The number of nitrogens with zero attached hydrogens (tertiary/aromatic N) is 3. The Morgan fingerprint density at radius 3 is 1.86 bits per heavy atom. The molecule has 0 bridgehead atoms. The maximum atomic E-state index is 8.95. The van der Waals surface area contributed by atoms with Gasteiger partial charge in [-0.1, -0.05) is 0 Å². The van der Waals surface area contributed by atoms with E-state index in [1.807, 2.05) is 32.9 Å². The van der Waals surface area contributed by atoms with Crippen molar-refractivity contribution >= 4 is 6.75 Å². The third-order valence-corrected chi connectivity index (χ3v) is 9.17. The van der Waals surface area contributed by atoms with Gasteiger partial charge in [-0.25, -0.2) is 0 Å². The van der Waals surface area contributed by atoms with Crippen LogP contribution in [-0.4, -0.2) is 37.1 Å². The van der Waals surface area contributed by atoms with Crippen molar-refractivity contribution in [3.8, 4) is 12.4 Å². The summed E-state index contributed by atoms with van der Waals surface area (Å²) in [5.74, 6) is 0. The average molecular weight is 215 g/mol. The summed E-state index contributed by atoms with van der Waals surface area (Å²) in [6.45, 7) is 3.60. The van der Waals surface area contributed by atoms with Crippen molar-refractivity contribution in [2.75, 3.05) is 32.4 Å². The van der Waals surface area contributed by atoms with Crippen molar-refractivity contribution in [1.82, 2.24) is 4.67 Å². The van der Waals surface area contributed by atoms with Crippen LogP contribution < -0.4 is 0 Å². The molecule has 0 spiro atoms. The number of rotatable bonds is 5. The van der Waals surface area contributed by atoms with Gasteiger partial charge in [0.05, 0.1) is 0 Å². The number of hydrogen-bond acceptors (Lipinski definition) is 4. The summed E-state index contributed by atoms with van der Waals surface area (Å²) < 4.78 is 6.46. The van der Waals surface area contributed by atoms with E-state index in [2.05, 4.69) is 0 Å². The van der Waals surface area contributed by atoms with Crippen LogP contribution in [0.1, 0.15) is 13.8 Å². The first-order valence-corrected chi connectivity index (χ1v) is 7.79. The molecule has 0 rings (SSSR count). The molecule has 0 unspecified atom stereocenters. The van der Waals surface area contributed by atoms with Gasteiger partial charge >= 0.3 is 85.4 Å². The summed E-state index contributed by atoms with van der Waals surface area (Å²) in [5, 5.41) is 17.9. The monoisotopic (exact) mass is 215 g/mol. The van der Waals surface area contributed by atoms with Crippen molar-refractivity contribution in [3.63, 3.8) is 0 Å². The van der Waals surface area contributed by atoms with E-state index in [-0.39, 0.29) is 0 Å². The predicted octanol–water partition coefficient (Wildman–Crippen LogP) is 1.99. The van der Waals surface area contributed by atoms with E-state index >= 15 is 0 Å². The summed E-state index contributed by atoms with van der Waals surface area (Å²) in [6.07, 6.45) is 6.07. The van der Waals surface area contributed by atoms with Crippen molar-refractivity contribution in [3.05, 3.63) is 0 Å². The van der Waals surface area contributed by atoms with Gasteiger partial charge in [-0.05, 0) is 0 Å². The Balaban J connectivity index is 5.28. The van der Waals surface area contributed by atoms with Crippen LogP contribution >= 0.6 is 6.75 Å². The van der Waals surface area contributed by atoms with Crippen LogP contribution in [0.4, 0.5) is 0 Å². The second-order valence-corrected chi connectivity index (χ2v) is 10.2. The van der Waals surface area contributed by atoms with Crippen LogP contribution in [0.5, 0.6) is 0 Å². The third-order valence-electron chi connectivity index (χ3n) is 3.12. The van der Waals surface area contributed by atoms with Gasteiger partial charge in [-0.3, -0.25) is 0 Å². The van der Waals surface area contributed by atoms with E-state index in [1.54, 1.807) is 7.11 Å². The van der Waals surface area contributed by atoms with Gasteiger partial charge in [-0.15, -0.1) is 0 Å². The van der Waals surface area contributed by atoms with E-state index in [0.717, 1.165) is 12.3 Å². The molecule has 14 heavy (non-hydrogen) atoms. The molecule has 0 atom stereocenters. The quantitative estimate of drug-likeness (QED) is 0.400. The van der Waals surface area contributed by atoms with Crippen molar-refractivity contribution < 1.29 is 4.74 Å². The zero-order chi connectivity index (χ0) is 11.3. The molecule has 0 aromatic rings. The minimum atomic E-state index is -2.46. The van der Waals surface area contributed by atoms with Crippen molar-refractivity contribution in [2.45, 2.75) is 13.8 Å². The topological polar surface area (TPSA) is 60.0 Å². The summed E-state index contributed by atoms with van der Waals surface area (Å²) >= 11 is 0. The molecule has 0 saturated carbocycles. The molecule has 0 aliphatic rings. The molecule has 0 fully saturated rings. The van der Waals surface area contributed by atoms with Crippen LogP contribution in [0.2, 0.25) is 0 Å². The molecular formula is C9H18N3OP. The summed E-state index contributed by atoms with van der Waals surface area (Å²) in [6, 6.07) is 0. The predicted molar refractivity (Wildman–Crippen MR) is 58.9 cm³/mol. The van der Waals surface area contributed by atoms with Gasteiger partial charge < -0.3 is 0 Å². The Morgan fingerprint density at radius 1 is 1.21 bits per heavy atom. The van der Waals surface area contributed by atoms with Crippen LogP contribution in [0.25, 0.3) is 0 Å². The van der Waals surface area contributed by atoms with E-state index in [1.165, 1.54) is 4.67 Å². The molecule has 80 valence electrons. The Kier molecular flexibility index (Phi) is 4.33. The molecule has 0 heterocycles. The number of methoxy groups -OCH3 is 1. The fraction of sp³-hybridized carbons (Fsp3) is 0.778. The first-order valence-electron chi connectivity index (χ1n) is 4.60. The molecule has 0 amide bonds. The maximum absolute atomic E-state index is 8.95. The molecular weight excluding hydrogens is 197 g/mol. The normalized spacial score (nSPS) is 13.4. The van der Waals surface area contributed by atoms with Crippen LogP contribution in [0.3, 0.4) is 0 Å². The molecule has 4 nitrogen and oxygen atoms in total. The Labute approximate surface area is 86.0 Å². The molecule has 0 radical (unpaired) electrons. The molecule has 0 aromatic carbocycles. The van der Waals surface area contributed by atoms with Gasteiger partial charge in [0.25, 0.3) is 0 Å². The SMILES string of the molecule is CCP(C)(CC)(COC)N(C#N)C#N. The van der Waals surface area contributed by atoms with Gasteiger partial charge in [0.15, 0.2) is 0 Å². The molecule has 0 aromatic heterocycles. The van der Waals surface area contributed by atoms with Gasteiger partial charge in [0.2, 0.25) is 0 Å². The first-order chi connectivity index (χ1) is 6.51. The van der Waals surface area contributed by atoms with Gasteiger partial charge in [-0.2, -0.15) is 0 Å². The summed E-state index contributed by atoms with van der Waals surface area (Å²) in [7, 11) is 1.61. The second-order valence-electron chi connectivity index (χ2n) is 3.81. The number of hydrogen-bond donors (Lipinski definition) is 0. The van der Waals surface area contributed by atoms with Gasteiger partial charge in [0.1, 0.15) is 0 Å². The molecule has 0 saturated heterocycles. The van der Waals surface area contributed by atoms with Gasteiger partial charge in [0, 0.05) is 0 Å². The summed E-state index contributed by atoms with van der Waals surface area (Å²) in [4.78, 5) is 0. The second kappa shape index (κ2) is 4.60.